The number of benzene rings is 2. The zero-order valence-electron chi connectivity index (χ0n) is 17.4. The molecule has 0 saturated carbocycles. The first-order chi connectivity index (χ1) is 15.5. The highest BCUT2D eigenvalue weighted by molar-refractivity contribution is 6.31. The minimum absolute atomic E-state index is 0.138. The molecule has 0 radical (unpaired) electrons. The first-order valence-electron chi connectivity index (χ1n) is 10.1. The van der Waals surface area contributed by atoms with E-state index in [2.05, 4.69) is 25.9 Å². The quantitative estimate of drug-likeness (QED) is 0.472. The number of carbonyl (C=O) groups excluding carboxylic acids is 2. The van der Waals surface area contributed by atoms with Crippen LogP contribution < -0.4 is 16.0 Å². The van der Waals surface area contributed by atoms with Crippen molar-refractivity contribution in [3.05, 3.63) is 64.8 Å². The molecule has 0 spiro atoms. The Hall–Kier alpha value is -3.49. The Kier molecular flexibility index (Phi) is 6.63. The summed E-state index contributed by atoms with van der Waals surface area (Å²) in [5, 5.41) is 9.40. The topological polar surface area (TPSA) is 105 Å². The molecule has 9 heteroatoms. The van der Waals surface area contributed by atoms with Gasteiger partial charge in [-0.15, -0.1) is 0 Å². The van der Waals surface area contributed by atoms with Crippen molar-refractivity contribution >= 4 is 40.7 Å². The number of aromatic nitrogens is 2. The Morgan fingerprint density at radius 1 is 1.22 bits per heavy atom. The predicted molar refractivity (Wildman–Crippen MR) is 123 cm³/mol. The summed E-state index contributed by atoms with van der Waals surface area (Å²) in [6.07, 6.45) is 2.58. The lowest BCUT2D eigenvalue weighted by atomic mass is 10.1. The Morgan fingerprint density at radius 2 is 2.03 bits per heavy atom. The van der Waals surface area contributed by atoms with E-state index in [1.807, 2.05) is 6.07 Å². The van der Waals surface area contributed by atoms with Gasteiger partial charge in [0.15, 0.2) is 0 Å². The molecular formula is C23H22ClN5O3. The van der Waals surface area contributed by atoms with Gasteiger partial charge in [-0.1, -0.05) is 11.6 Å². The molecule has 8 nitrogen and oxygen atoms in total. The van der Waals surface area contributed by atoms with E-state index < -0.39 is 0 Å². The molecule has 0 atom stereocenters. The molecule has 0 saturated heterocycles. The van der Waals surface area contributed by atoms with Gasteiger partial charge < -0.3 is 20.7 Å². The molecule has 32 heavy (non-hydrogen) atoms. The Balaban J connectivity index is 1.51. The molecule has 2 aromatic carbocycles. The van der Waals surface area contributed by atoms with Crippen LogP contribution >= 0.6 is 11.6 Å². The van der Waals surface area contributed by atoms with E-state index >= 15 is 0 Å². The van der Waals surface area contributed by atoms with Gasteiger partial charge in [-0.3, -0.25) is 9.59 Å². The second-order valence-corrected chi connectivity index (χ2v) is 7.72. The number of anilines is 3. The fourth-order valence-corrected chi connectivity index (χ4v) is 3.55. The number of hydrogen-bond donors (Lipinski definition) is 3. The van der Waals surface area contributed by atoms with Gasteiger partial charge in [-0.2, -0.15) is 0 Å². The third kappa shape index (κ3) is 5.04. The first kappa shape index (κ1) is 21.7. The molecule has 0 aliphatic carbocycles. The van der Waals surface area contributed by atoms with E-state index in [9.17, 15) is 9.59 Å². The standard InChI is InChI=1S/C23H22ClN5O3/c1-32-10-2-9-25-22(31)14-3-6-17(7-4-14)27-23-26-13-15-11-20(30)28-19-12-16(24)5-8-18(19)21(15)29-23/h3-8,12-13H,2,9-11H2,1H3,(H,25,31)(H,28,30)(H,26,27,29). The molecule has 164 valence electrons. The average molecular weight is 452 g/mol. The molecule has 1 aromatic heterocycles. The molecule has 2 heterocycles. The number of hydrogen-bond acceptors (Lipinski definition) is 6. The third-order valence-electron chi connectivity index (χ3n) is 4.94. The number of fused-ring (bicyclic) bond motifs is 3. The summed E-state index contributed by atoms with van der Waals surface area (Å²) in [4.78, 5) is 33.4. The largest absolute Gasteiger partial charge is 0.385 e. The van der Waals surface area contributed by atoms with E-state index in [0.29, 0.717) is 41.1 Å². The summed E-state index contributed by atoms with van der Waals surface area (Å²) in [7, 11) is 1.63. The van der Waals surface area contributed by atoms with Crippen molar-refractivity contribution in [2.24, 2.45) is 0 Å². The van der Waals surface area contributed by atoms with Crippen LogP contribution in [0.3, 0.4) is 0 Å². The molecule has 4 rings (SSSR count). The van der Waals surface area contributed by atoms with Crippen LogP contribution in [-0.4, -0.2) is 42.0 Å². The Labute approximate surface area is 190 Å². The van der Waals surface area contributed by atoms with Crippen LogP contribution in [0.25, 0.3) is 11.3 Å². The fourth-order valence-electron chi connectivity index (χ4n) is 3.38. The van der Waals surface area contributed by atoms with Crippen molar-refractivity contribution in [1.82, 2.24) is 15.3 Å². The Morgan fingerprint density at radius 3 is 2.81 bits per heavy atom. The molecule has 0 fully saturated rings. The number of methoxy groups -OCH3 is 1. The molecule has 0 unspecified atom stereocenters. The van der Waals surface area contributed by atoms with Crippen molar-refractivity contribution in [1.29, 1.82) is 0 Å². The summed E-state index contributed by atoms with van der Waals surface area (Å²) >= 11 is 6.09. The predicted octanol–water partition coefficient (Wildman–Crippen LogP) is 3.80. The van der Waals surface area contributed by atoms with Crippen LogP contribution in [-0.2, 0) is 16.0 Å². The summed E-state index contributed by atoms with van der Waals surface area (Å²) in [5.74, 6) is 0.102. The van der Waals surface area contributed by atoms with Crippen LogP contribution in [0.15, 0.2) is 48.7 Å². The second-order valence-electron chi connectivity index (χ2n) is 7.29. The molecular weight excluding hydrogens is 430 g/mol. The third-order valence-corrected chi connectivity index (χ3v) is 5.18. The van der Waals surface area contributed by atoms with Crippen molar-refractivity contribution < 1.29 is 14.3 Å². The van der Waals surface area contributed by atoms with E-state index in [-0.39, 0.29) is 18.2 Å². The highest BCUT2D eigenvalue weighted by Gasteiger charge is 2.21. The second kappa shape index (κ2) is 9.76. The van der Waals surface area contributed by atoms with Gasteiger partial charge in [-0.25, -0.2) is 9.97 Å². The summed E-state index contributed by atoms with van der Waals surface area (Å²) in [6, 6.07) is 12.3. The molecule has 3 aromatic rings. The van der Waals surface area contributed by atoms with E-state index in [0.717, 1.165) is 23.2 Å². The number of nitrogens with zero attached hydrogens (tertiary/aromatic N) is 2. The number of ether oxygens (including phenoxy) is 1. The smallest absolute Gasteiger partial charge is 0.251 e. The lowest BCUT2D eigenvalue weighted by Crippen LogP contribution is -2.25. The summed E-state index contributed by atoms with van der Waals surface area (Å²) in [5.41, 5.74) is 4.09. The van der Waals surface area contributed by atoms with Gasteiger partial charge in [0.1, 0.15) is 0 Å². The minimum Gasteiger partial charge on any atom is -0.385 e. The van der Waals surface area contributed by atoms with Crippen LogP contribution in [0.2, 0.25) is 5.02 Å². The number of nitrogens with one attached hydrogen (secondary N) is 3. The average Bonchev–Trinajstić information content (AvgIpc) is 2.91. The molecule has 2 amide bonds. The van der Waals surface area contributed by atoms with Gasteiger partial charge in [-0.05, 0) is 48.9 Å². The summed E-state index contributed by atoms with van der Waals surface area (Å²) < 4.78 is 4.98. The highest BCUT2D eigenvalue weighted by atomic mass is 35.5. The number of rotatable bonds is 7. The number of halogens is 1. The molecule has 1 aliphatic rings. The van der Waals surface area contributed by atoms with Gasteiger partial charge in [0.25, 0.3) is 5.91 Å². The molecule has 1 aliphatic heterocycles. The normalized spacial score (nSPS) is 12.2. The zero-order chi connectivity index (χ0) is 22.5. The van der Waals surface area contributed by atoms with Crippen LogP contribution in [0.5, 0.6) is 0 Å². The first-order valence-corrected chi connectivity index (χ1v) is 10.5. The maximum Gasteiger partial charge on any atom is 0.251 e. The molecule has 0 bridgehead atoms. The van der Waals surface area contributed by atoms with Crippen molar-refractivity contribution in [3.8, 4) is 11.3 Å². The Bertz CT molecular complexity index is 1150. The number of amides is 2. The van der Waals surface area contributed by atoms with E-state index in [4.69, 9.17) is 16.3 Å². The van der Waals surface area contributed by atoms with Crippen LogP contribution in [0, 0.1) is 0 Å². The SMILES string of the molecule is COCCCNC(=O)c1ccc(Nc2ncc3c(n2)-c2ccc(Cl)cc2NC(=O)C3)cc1. The van der Waals surface area contributed by atoms with Crippen molar-refractivity contribution in [3.63, 3.8) is 0 Å². The van der Waals surface area contributed by atoms with Crippen molar-refractivity contribution in [2.45, 2.75) is 12.8 Å². The van der Waals surface area contributed by atoms with Gasteiger partial charge in [0.05, 0.1) is 17.8 Å². The monoisotopic (exact) mass is 451 g/mol. The fraction of sp³-hybridized carbons (Fsp3) is 0.217. The van der Waals surface area contributed by atoms with Gasteiger partial charge in [0.2, 0.25) is 11.9 Å². The van der Waals surface area contributed by atoms with Crippen LogP contribution in [0.4, 0.5) is 17.3 Å². The van der Waals surface area contributed by atoms with Gasteiger partial charge in [0, 0.05) is 53.9 Å². The highest BCUT2D eigenvalue weighted by Crippen LogP contribution is 2.34. The van der Waals surface area contributed by atoms with E-state index in [1.165, 1.54) is 0 Å². The van der Waals surface area contributed by atoms with Crippen molar-refractivity contribution in [2.75, 3.05) is 30.9 Å². The van der Waals surface area contributed by atoms with Gasteiger partial charge >= 0.3 is 0 Å². The number of carbonyl (C=O) groups is 2. The lowest BCUT2D eigenvalue weighted by Gasteiger charge is -2.11. The molecule has 3 N–H and O–H groups in total. The lowest BCUT2D eigenvalue weighted by molar-refractivity contribution is -0.115. The maximum absolute atomic E-state index is 12.2. The zero-order valence-corrected chi connectivity index (χ0v) is 18.2. The minimum atomic E-state index is -0.146. The van der Waals surface area contributed by atoms with E-state index in [1.54, 1.807) is 49.7 Å². The van der Waals surface area contributed by atoms with Crippen LogP contribution in [0.1, 0.15) is 22.3 Å². The maximum atomic E-state index is 12.2. The summed E-state index contributed by atoms with van der Waals surface area (Å²) in [6.45, 7) is 1.16.